The molecule has 1 aliphatic heterocycles. The van der Waals surface area contributed by atoms with Gasteiger partial charge in [0, 0.05) is 37.1 Å². The van der Waals surface area contributed by atoms with E-state index < -0.39 is 5.91 Å². The first-order valence-electron chi connectivity index (χ1n) is 7.61. The van der Waals surface area contributed by atoms with Gasteiger partial charge < -0.3 is 10.6 Å². The first kappa shape index (κ1) is 15.1. The van der Waals surface area contributed by atoms with Crippen LogP contribution in [0.4, 0.5) is 0 Å². The Balaban J connectivity index is 1.77. The Morgan fingerprint density at radius 1 is 1.22 bits per heavy atom. The van der Waals surface area contributed by atoms with E-state index in [1.807, 2.05) is 11.0 Å². The summed E-state index contributed by atoms with van der Waals surface area (Å²) in [5.74, 6) is -0.441. The molecule has 118 valence electrons. The average molecular weight is 310 g/mol. The summed E-state index contributed by atoms with van der Waals surface area (Å²) in [6, 6.07) is 8.80. The topological polar surface area (TPSA) is 89.2 Å². The zero-order chi connectivity index (χ0) is 16.2. The molecule has 0 radical (unpaired) electrons. The molecule has 6 heteroatoms. The Kier molecular flexibility index (Phi) is 4.32. The predicted molar refractivity (Wildman–Crippen MR) is 84.9 cm³/mol. The molecule has 2 aromatic rings. The Morgan fingerprint density at radius 3 is 2.83 bits per heavy atom. The van der Waals surface area contributed by atoms with Crippen LogP contribution >= 0.6 is 0 Å². The highest BCUT2D eigenvalue weighted by Crippen LogP contribution is 2.26. The molecule has 0 aliphatic carbocycles. The number of rotatable bonds is 3. The fourth-order valence-corrected chi connectivity index (χ4v) is 2.89. The van der Waals surface area contributed by atoms with Crippen molar-refractivity contribution in [2.75, 3.05) is 13.1 Å². The van der Waals surface area contributed by atoms with Gasteiger partial charge in [0.25, 0.3) is 11.8 Å². The third-order valence-corrected chi connectivity index (χ3v) is 4.06. The van der Waals surface area contributed by atoms with Crippen molar-refractivity contribution in [1.29, 1.82) is 0 Å². The van der Waals surface area contributed by atoms with Crippen LogP contribution in [-0.4, -0.2) is 39.8 Å². The lowest BCUT2D eigenvalue weighted by Crippen LogP contribution is -2.39. The third-order valence-electron chi connectivity index (χ3n) is 4.06. The number of hydrogen-bond acceptors (Lipinski definition) is 4. The average Bonchev–Trinajstić information content (AvgIpc) is 2.62. The van der Waals surface area contributed by atoms with E-state index in [0.717, 1.165) is 25.1 Å². The number of nitrogens with zero attached hydrogens (tertiary/aromatic N) is 3. The fraction of sp³-hybridized carbons (Fsp3) is 0.294. The van der Waals surface area contributed by atoms with Gasteiger partial charge in [-0.15, -0.1) is 0 Å². The van der Waals surface area contributed by atoms with Crippen molar-refractivity contribution in [2.45, 2.75) is 18.8 Å². The van der Waals surface area contributed by atoms with Gasteiger partial charge >= 0.3 is 0 Å². The predicted octanol–water partition coefficient (Wildman–Crippen LogP) is 1.60. The van der Waals surface area contributed by atoms with Crippen LogP contribution < -0.4 is 5.73 Å². The number of primary amides is 1. The molecule has 0 bridgehead atoms. The summed E-state index contributed by atoms with van der Waals surface area (Å²) >= 11 is 0. The largest absolute Gasteiger partial charge is 0.364 e. The highest BCUT2D eigenvalue weighted by Gasteiger charge is 2.26. The minimum atomic E-state index is -0.536. The smallest absolute Gasteiger partial charge is 0.267 e. The normalized spacial score (nSPS) is 17.7. The summed E-state index contributed by atoms with van der Waals surface area (Å²) in [7, 11) is 0. The summed E-state index contributed by atoms with van der Waals surface area (Å²) in [6.07, 6.45) is 5.07. The van der Waals surface area contributed by atoms with Crippen LogP contribution in [0.15, 0.2) is 42.7 Å². The van der Waals surface area contributed by atoms with Crippen molar-refractivity contribution in [3.63, 3.8) is 0 Å². The van der Waals surface area contributed by atoms with Crippen molar-refractivity contribution >= 4 is 11.8 Å². The van der Waals surface area contributed by atoms with Gasteiger partial charge in [-0.3, -0.25) is 14.6 Å². The van der Waals surface area contributed by atoms with Gasteiger partial charge in [0.15, 0.2) is 0 Å². The molecule has 2 aromatic heterocycles. The first-order valence-corrected chi connectivity index (χ1v) is 7.61. The van der Waals surface area contributed by atoms with E-state index in [4.69, 9.17) is 5.73 Å². The highest BCUT2D eigenvalue weighted by atomic mass is 16.2. The Labute approximate surface area is 134 Å². The molecule has 0 spiro atoms. The summed E-state index contributed by atoms with van der Waals surface area (Å²) in [6.45, 7) is 1.31. The lowest BCUT2D eigenvalue weighted by Gasteiger charge is -2.32. The molecular formula is C17H18N4O2. The second-order valence-corrected chi connectivity index (χ2v) is 5.64. The maximum atomic E-state index is 12.5. The van der Waals surface area contributed by atoms with Gasteiger partial charge in [-0.05, 0) is 37.1 Å². The lowest BCUT2D eigenvalue weighted by molar-refractivity contribution is 0.0705. The lowest BCUT2D eigenvalue weighted by atomic mass is 9.93. The van der Waals surface area contributed by atoms with Crippen LogP contribution in [0, 0.1) is 0 Å². The maximum absolute atomic E-state index is 12.5. The van der Waals surface area contributed by atoms with Crippen LogP contribution in [0.1, 0.15) is 45.3 Å². The number of piperidine rings is 1. The number of carbonyl (C=O) groups is 2. The van der Waals surface area contributed by atoms with Crippen molar-refractivity contribution in [3.8, 4) is 0 Å². The standard InChI is InChI=1S/C17H18N4O2/c18-16(22)15-7-1-6-14(20-15)13-5-3-9-21(11-13)17(23)12-4-2-8-19-10-12/h1-2,4,6-8,10,13H,3,5,9,11H2,(H2,18,22)/t13-/m1/s1. The second-order valence-electron chi connectivity index (χ2n) is 5.64. The SMILES string of the molecule is NC(=O)c1cccc([C@@H]2CCCN(C(=O)c3cccnc3)C2)n1. The number of likely N-dealkylation sites (tertiary alicyclic amines) is 1. The van der Waals surface area contributed by atoms with E-state index in [2.05, 4.69) is 9.97 Å². The second kappa shape index (κ2) is 6.56. The molecule has 0 aromatic carbocycles. The molecule has 0 unspecified atom stereocenters. The molecule has 23 heavy (non-hydrogen) atoms. The third kappa shape index (κ3) is 3.36. The van der Waals surface area contributed by atoms with Crippen LogP contribution in [0.3, 0.4) is 0 Å². The summed E-state index contributed by atoms with van der Waals surface area (Å²) < 4.78 is 0. The molecule has 0 saturated carbocycles. The van der Waals surface area contributed by atoms with Crippen molar-refractivity contribution in [1.82, 2.24) is 14.9 Å². The number of aromatic nitrogens is 2. The monoisotopic (exact) mass is 310 g/mol. The molecule has 6 nitrogen and oxygen atoms in total. The van der Waals surface area contributed by atoms with E-state index in [1.54, 1.807) is 36.7 Å². The van der Waals surface area contributed by atoms with Crippen LogP contribution in [0.5, 0.6) is 0 Å². The number of hydrogen-bond donors (Lipinski definition) is 1. The van der Waals surface area contributed by atoms with Crippen molar-refractivity contribution < 1.29 is 9.59 Å². The fourth-order valence-electron chi connectivity index (χ4n) is 2.89. The molecule has 2 amide bonds. The molecule has 1 fully saturated rings. The molecule has 1 saturated heterocycles. The zero-order valence-corrected chi connectivity index (χ0v) is 12.7. The minimum absolute atomic E-state index is 0.0196. The maximum Gasteiger partial charge on any atom is 0.267 e. The van der Waals surface area contributed by atoms with Crippen LogP contribution in [0.25, 0.3) is 0 Å². The minimum Gasteiger partial charge on any atom is -0.364 e. The van der Waals surface area contributed by atoms with Crippen molar-refractivity contribution in [3.05, 3.63) is 59.7 Å². The molecular weight excluding hydrogens is 292 g/mol. The number of pyridine rings is 2. The van der Waals surface area contributed by atoms with Gasteiger partial charge in [0.1, 0.15) is 5.69 Å². The quantitative estimate of drug-likeness (QED) is 0.932. The zero-order valence-electron chi connectivity index (χ0n) is 12.7. The van der Waals surface area contributed by atoms with Gasteiger partial charge in [-0.25, -0.2) is 4.98 Å². The van der Waals surface area contributed by atoms with E-state index in [1.165, 1.54) is 0 Å². The highest BCUT2D eigenvalue weighted by molar-refractivity contribution is 5.94. The summed E-state index contributed by atoms with van der Waals surface area (Å²) in [5.41, 5.74) is 6.95. The van der Waals surface area contributed by atoms with Crippen LogP contribution in [0.2, 0.25) is 0 Å². The van der Waals surface area contributed by atoms with Crippen molar-refractivity contribution in [2.24, 2.45) is 5.73 Å². The Morgan fingerprint density at radius 2 is 2.09 bits per heavy atom. The molecule has 2 N–H and O–H groups in total. The van der Waals surface area contributed by atoms with Gasteiger partial charge in [-0.2, -0.15) is 0 Å². The number of amides is 2. The number of nitrogens with two attached hydrogens (primary N) is 1. The molecule has 1 atom stereocenters. The van der Waals surface area contributed by atoms with E-state index in [9.17, 15) is 9.59 Å². The summed E-state index contributed by atoms with van der Waals surface area (Å²) in [4.78, 5) is 34.0. The number of carbonyl (C=O) groups excluding carboxylic acids is 2. The van der Waals surface area contributed by atoms with Gasteiger partial charge in [0.05, 0.1) is 5.56 Å². The van der Waals surface area contributed by atoms with Gasteiger partial charge in [0.2, 0.25) is 0 Å². The van der Waals surface area contributed by atoms with E-state index in [-0.39, 0.29) is 17.5 Å². The van der Waals surface area contributed by atoms with E-state index in [0.29, 0.717) is 12.1 Å². The van der Waals surface area contributed by atoms with E-state index >= 15 is 0 Å². The Bertz CT molecular complexity index is 718. The van der Waals surface area contributed by atoms with Crippen LogP contribution in [-0.2, 0) is 0 Å². The molecule has 1 aliphatic rings. The molecule has 3 heterocycles. The molecule has 3 rings (SSSR count). The van der Waals surface area contributed by atoms with Gasteiger partial charge in [-0.1, -0.05) is 6.07 Å². The summed E-state index contributed by atoms with van der Waals surface area (Å²) in [5, 5.41) is 0. The Hall–Kier alpha value is -2.76. The first-order chi connectivity index (χ1) is 11.1.